The summed E-state index contributed by atoms with van der Waals surface area (Å²) in [6, 6.07) is 0.786. The Morgan fingerprint density at radius 3 is 2.79 bits per heavy atom. The minimum Gasteiger partial charge on any atom is -0.423 e. The maximum atomic E-state index is 13.6. The average molecular weight is 645 g/mol. The summed E-state index contributed by atoms with van der Waals surface area (Å²) in [5.41, 5.74) is 1.45. The maximum absolute atomic E-state index is 13.6. The number of aliphatic hydroxyl groups is 2. The van der Waals surface area contributed by atoms with Crippen molar-refractivity contribution in [1.82, 2.24) is 19.9 Å². The third-order valence-corrected chi connectivity index (χ3v) is 11.8. The van der Waals surface area contributed by atoms with Gasteiger partial charge in [-0.05, 0) is 80.1 Å². The normalized spacial score (nSPS) is 35.1. The number of nitrogens with one attached hydrogen (secondary N) is 1. The highest BCUT2D eigenvalue weighted by atomic mass is 16.6. The Bertz CT molecular complexity index is 1720. The topological polar surface area (TPSA) is 164 Å². The Balaban J connectivity index is 1.22. The molecule has 2 aliphatic carbocycles. The van der Waals surface area contributed by atoms with Crippen LogP contribution < -0.4 is 5.32 Å². The van der Waals surface area contributed by atoms with Crippen LogP contribution in [0.5, 0.6) is 0 Å². The number of aliphatic hydroxyl groups excluding tert-OH is 2. The molecule has 2 aromatic rings. The van der Waals surface area contributed by atoms with Crippen molar-refractivity contribution in [1.29, 1.82) is 0 Å². The summed E-state index contributed by atoms with van der Waals surface area (Å²) >= 11 is 0. The minimum atomic E-state index is -0.638. The lowest BCUT2D eigenvalue weighted by molar-refractivity contribution is -0.177. The first-order valence-corrected chi connectivity index (χ1v) is 16.7. The van der Waals surface area contributed by atoms with E-state index in [0.717, 1.165) is 36.0 Å². The highest BCUT2D eigenvalue weighted by Gasteiger charge is 2.67. The number of hydrogen-bond donors (Lipinski definition) is 3. The molecule has 12 nitrogen and oxygen atoms in total. The van der Waals surface area contributed by atoms with Gasteiger partial charge in [-0.25, -0.2) is 19.8 Å². The zero-order valence-electron chi connectivity index (χ0n) is 27.5. The van der Waals surface area contributed by atoms with E-state index in [-0.39, 0.29) is 41.7 Å². The summed E-state index contributed by atoms with van der Waals surface area (Å²) in [5, 5.41) is 25.1. The van der Waals surface area contributed by atoms with Gasteiger partial charge in [0.2, 0.25) is 0 Å². The number of fused-ring (bicyclic) bond motifs is 2. The number of pyridine rings is 1. The van der Waals surface area contributed by atoms with E-state index in [1.807, 2.05) is 31.5 Å². The van der Waals surface area contributed by atoms with Crippen LogP contribution in [0.15, 0.2) is 46.0 Å². The number of allylic oxidation sites excluding steroid dienone is 1. The molecular formula is C35H44N6O6. The quantitative estimate of drug-likeness (QED) is 0.261. The monoisotopic (exact) mass is 644 g/mol. The first-order valence-electron chi connectivity index (χ1n) is 16.7. The van der Waals surface area contributed by atoms with Gasteiger partial charge in [0.05, 0.1) is 55.8 Å². The zero-order chi connectivity index (χ0) is 33.1. The first-order chi connectivity index (χ1) is 22.5. The predicted molar refractivity (Wildman–Crippen MR) is 176 cm³/mol. The molecule has 0 aromatic carbocycles. The molecule has 3 fully saturated rings. The van der Waals surface area contributed by atoms with Crippen LogP contribution in [-0.4, -0.2) is 92.1 Å². The van der Waals surface area contributed by atoms with Crippen molar-refractivity contribution in [2.75, 3.05) is 19.8 Å². The standard InChI is InChI=1S/C35H44N6O6/c1-20(26(43)15-30-36-9-10-37-30)40-24(23-13-22(47-32(23)45)11-21-12-25-31(38-16-21)41(4)19-39-25)14-28-33(2)7-6-29(44)34(3,17-42)27(33)5-8-35(28)18-46-35/h9,11-13,16,19-20,24,27-29,40,42,44H,5-8,10,14-15,17-18H2,1-4H3/b22-11+/t20?,24?,27?,28?,29-,33+,34+,35?/m1/s1. The number of carbonyl (C=O) groups excluding carboxylic acids is 2. The summed E-state index contributed by atoms with van der Waals surface area (Å²) in [4.78, 5) is 44.4. The molecule has 3 aliphatic heterocycles. The van der Waals surface area contributed by atoms with Gasteiger partial charge >= 0.3 is 5.97 Å². The van der Waals surface area contributed by atoms with Crippen molar-refractivity contribution in [2.45, 2.75) is 83.1 Å². The lowest BCUT2D eigenvalue weighted by atomic mass is 9.44. The van der Waals surface area contributed by atoms with Gasteiger partial charge in [-0.2, -0.15) is 0 Å². The van der Waals surface area contributed by atoms with Gasteiger partial charge in [-0.15, -0.1) is 0 Å². The second-order valence-corrected chi connectivity index (χ2v) is 14.6. The van der Waals surface area contributed by atoms with Crippen molar-refractivity contribution in [3.05, 3.63) is 41.6 Å². The number of rotatable bonds is 10. The van der Waals surface area contributed by atoms with E-state index >= 15 is 0 Å². The third-order valence-electron chi connectivity index (χ3n) is 11.8. The van der Waals surface area contributed by atoms with Gasteiger partial charge in [0.15, 0.2) is 11.4 Å². The molecule has 5 aliphatic rings. The summed E-state index contributed by atoms with van der Waals surface area (Å²) < 4.78 is 13.9. The van der Waals surface area contributed by atoms with Crippen molar-refractivity contribution in [2.24, 2.45) is 39.7 Å². The van der Waals surface area contributed by atoms with Crippen LogP contribution in [0.3, 0.4) is 0 Å². The Morgan fingerprint density at radius 2 is 2.06 bits per heavy atom. The van der Waals surface area contributed by atoms with E-state index in [1.54, 1.807) is 30.9 Å². The summed E-state index contributed by atoms with van der Waals surface area (Å²) in [7, 11) is 1.88. The number of hydrogen-bond acceptors (Lipinski definition) is 11. The van der Waals surface area contributed by atoms with Crippen molar-refractivity contribution in [3.8, 4) is 0 Å². The lowest BCUT2D eigenvalue weighted by Gasteiger charge is -2.61. The molecule has 1 saturated heterocycles. The summed E-state index contributed by atoms with van der Waals surface area (Å²) in [5.74, 6) is 0.446. The SMILES string of the molecule is CC(NC(CC1C2(CCC3[C@]1(C)CC[C@@H](O)[C@@]3(C)CO)CO2)C1=C/C(=C\c2cnc3c(c2)ncn3C)OC1=O)C(=O)CC1=NCC=N1. The van der Waals surface area contributed by atoms with Crippen LogP contribution >= 0.6 is 0 Å². The number of aromatic nitrogens is 3. The molecule has 3 N–H and O–H groups in total. The Kier molecular flexibility index (Phi) is 8.05. The number of aliphatic imine (C=N–C) groups is 2. The molecule has 2 aromatic heterocycles. The zero-order valence-corrected chi connectivity index (χ0v) is 27.5. The number of aryl methyl sites for hydroxylation is 1. The number of cyclic esters (lactones) is 1. The highest BCUT2D eigenvalue weighted by molar-refractivity contribution is 6.07. The van der Waals surface area contributed by atoms with Crippen LogP contribution in [0.4, 0.5) is 0 Å². The average Bonchev–Trinajstić information content (AvgIpc) is 3.31. The maximum Gasteiger partial charge on any atom is 0.341 e. The molecule has 0 amide bonds. The van der Waals surface area contributed by atoms with E-state index in [9.17, 15) is 19.8 Å². The fraction of sp³-hybridized carbons (Fsp3) is 0.600. The molecule has 250 valence electrons. The van der Waals surface area contributed by atoms with Gasteiger partial charge < -0.3 is 29.6 Å². The van der Waals surface area contributed by atoms with Gasteiger partial charge in [-0.3, -0.25) is 9.79 Å². The van der Waals surface area contributed by atoms with Crippen LogP contribution in [0, 0.1) is 22.7 Å². The number of Topliss-reactive ketones (excluding diaryl/α,β-unsaturated/α-hetero) is 1. The van der Waals surface area contributed by atoms with Gasteiger partial charge in [-0.1, -0.05) is 13.8 Å². The molecule has 5 heterocycles. The fourth-order valence-corrected chi connectivity index (χ4v) is 8.97. The number of epoxide rings is 1. The number of carbonyl (C=O) groups is 2. The summed E-state index contributed by atoms with van der Waals surface area (Å²) in [6.45, 7) is 7.09. The molecule has 5 unspecified atom stereocenters. The number of ether oxygens (including phenoxy) is 2. The van der Waals surface area contributed by atoms with Crippen molar-refractivity contribution >= 4 is 41.0 Å². The predicted octanol–water partition coefficient (Wildman–Crippen LogP) is 2.93. The fourth-order valence-electron chi connectivity index (χ4n) is 8.97. The summed E-state index contributed by atoms with van der Waals surface area (Å²) in [6.07, 6.45) is 11.7. The van der Waals surface area contributed by atoms with Crippen LogP contribution in [0.2, 0.25) is 0 Å². The van der Waals surface area contributed by atoms with Gasteiger partial charge in [0.1, 0.15) is 17.1 Å². The van der Waals surface area contributed by atoms with E-state index in [2.05, 4.69) is 32.2 Å². The van der Waals surface area contributed by atoms with E-state index in [0.29, 0.717) is 43.2 Å². The molecule has 0 radical (unpaired) electrons. The molecular weight excluding hydrogens is 600 g/mol. The van der Waals surface area contributed by atoms with Gasteiger partial charge in [0, 0.05) is 30.9 Å². The van der Waals surface area contributed by atoms with Crippen LogP contribution in [0.25, 0.3) is 17.2 Å². The second kappa shape index (κ2) is 11.8. The molecule has 1 spiro atoms. The van der Waals surface area contributed by atoms with Crippen LogP contribution in [0.1, 0.15) is 64.9 Å². The number of esters is 1. The van der Waals surface area contributed by atoms with Gasteiger partial charge in [0.25, 0.3) is 0 Å². The smallest absolute Gasteiger partial charge is 0.341 e. The number of amidine groups is 1. The Morgan fingerprint density at radius 1 is 1.26 bits per heavy atom. The Labute approximate surface area is 274 Å². The van der Waals surface area contributed by atoms with E-state index in [4.69, 9.17) is 9.47 Å². The minimum absolute atomic E-state index is 0.00762. The van der Waals surface area contributed by atoms with E-state index < -0.39 is 29.6 Å². The van der Waals surface area contributed by atoms with Crippen molar-refractivity contribution < 1.29 is 29.3 Å². The first kappa shape index (κ1) is 32.0. The lowest BCUT2D eigenvalue weighted by Crippen LogP contribution is -2.61. The number of imidazole rings is 1. The Hall–Kier alpha value is -3.58. The highest BCUT2D eigenvalue weighted by Crippen LogP contribution is 2.66. The largest absolute Gasteiger partial charge is 0.423 e. The number of ketones is 1. The number of nitrogens with zero attached hydrogens (tertiary/aromatic N) is 5. The van der Waals surface area contributed by atoms with Crippen molar-refractivity contribution in [3.63, 3.8) is 0 Å². The molecule has 7 rings (SSSR count). The second-order valence-electron chi connectivity index (χ2n) is 14.6. The molecule has 8 atom stereocenters. The van der Waals surface area contributed by atoms with E-state index in [1.165, 1.54) is 0 Å². The van der Waals surface area contributed by atoms with Crippen LogP contribution in [-0.2, 0) is 26.1 Å². The third kappa shape index (κ3) is 5.58. The molecule has 0 bridgehead atoms. The molecule has 2 saturated carbocycles. The molecule has 12 heteroatoms. The molecule has 47 heavy (non-hydrogen) atoms.